The van der Waals surface area contributed by atoms with E-state index in [2.05, 4.69) is 15.4 Å². The topological polar surface area (TPSA) is 85.6 Å². The summed E-state index contributed by atoms with van der Waals surface area (Å²) in [5.41, 5.74) is 0.552. The zero-order valence-corrected chi connectivity index (χ0v) is 17.5. The Morgan fingerprint density at radius 2 is 2.00 bits per heavy atom. The number of alkyl halides is 3. The third kappa shape index (κ3) is 4.08. The van der Waals surface area contributed by atoms with E-state index in [0.717, 1.165) is 15.5 Å². The molecule has 0 aliphatic heterocycles. The third-order valence-corrected chi connectivity index (χ3v) is 5.49. The maximum Gasteiger partial charge on any atom is 0.364 e. The monoisotopic (exact) mass is 442 g/mol. The highest BCUT2D eigenvalue weighted by Gasteiger charge is 2.33. The number of esters is 1. The molecule has 0 bridgehead atoms. The minimum atomic E-state index is -3.69. The van der Waals surface area contributed by atoms with Gasteiger partial charge in [0.2, 0.25) is 0 Å². The highest BCUT2D eigenvalue weighted by atomic mass is 35.5. The SMILES string of the molecule is CCOC(=O)c1c(NC(=O)c2cc3nc(C)cc(C(F)(F)Cl)n3n2)sc(C)c1C. The van der Waals surface area contributed by atoms with Crippen LogP contribution in [0.2, 0.25) is 0 Å². The van der Waals surface area contributed by atoms with E-state index in [9.17, 15) is 18.4 Å². The summed E-state index contributed by atoms with van der Waals surface area (Å²) in [6.45, 7) is 6.96. The number of nitrogens with one attached hydrogen (secondary N) is 1. The van der Waals surface area contributed by atoms with Crippen LogP contribution in [0.25, 0.3) is 5.65 Å². The number of halogens is 3. The number of carbonyl (C=O) groups is 2. The van der Waals surface area contributed by atoms with Gasteiger partial charge < -0.3 is 10.1 Å². The van der Waals surface area contributed by atoms with Crippen LogP contribution in [-0.4, -0.2) is 33.1 Å². The second-order valence-corrected chi connectivity index (χ2v) is 7.94. The van der Waals surface area contributed by atoms with E-state index < -0.39 is 23.0 Å². The van der Waals surface area contributed by atoms with Crippen LogP contribution in [0.3, 0.4) is 0 Å². The molecule has 0 radical (unpaired) electrons. The molecule has 0 fully saturated rings. The van der Waals surface area contributed by atoms with Gasteiger partial charge in [-0.1, -0.05) is 0 Å². The Morgan fingerprint density at radius 3 is 2.62 bits per heavy atom. The van der Waals surface area contributed by atoms with Gasteiger partial charge >= 0.3 is 11.4 Å². The van der Waals surface area contributed by atoms with Crippen LogP contribution in [0.1, 0.15) is 49.6 Å². The van der Waals surface area contributed by atoms with Gasteiger partial charge in [-0.3, -0.25) is 4.79 Å². The van der Waals surface area contributed by atoms with E-state index in [1.165, 1.54) is 24.3 Å². The van der Waals surface area contributed by atoms with E-state index in [1.54, 1.807) is 13.8 Å². The van der Waals surface area contributed by atoms with Crippen LogP contribution in [0.5, 0.6) is 0 Å². The van der Waals surface area contributed by atoms with Crippen molar-refractivity contribution >= 4 is 45.5 Å². The molecule has 1 amide bonds. The quantitative estimate of drug-likeness (QED) is 0.466. The molecule has 3 rings (SSSR count). The van der Waals surface area contributed by atoms with Crippen molar-refractivity contribution in [3.8, 4) is 0 Å². The first kappa shape index (κ1) is 21.1. The maximum atomic E-state index is 13.7. The van der Waals surface area contributed by atoms with E-state index >= 15 is 0 Å². The molecule has 1 N–H and O–H groups in total. The van der Waals surface area contributed by atoms with Gasteiger partial charge in [0.15, 0.2) is 11.3 Å². The molecule has 3 heterocycles. The molecule has 7 nitrogen and oxygen atoms in total. The molecular weight excluding hydrogens is 426 g/mol. The van der Waals surface area contributed by atoms with E-state index in [1.807, 2.05) is 6.92 Å². The number of fused-ring (bicyclic) bond motifs is 1. The zero-order chi connectivity index (χ0) is 21.5. The van der Waals surface area contributed by atoms with Gasteiger partial charge in [0.05, 0.1) is 12.2 Å². The highest BCUT2D eigenvalue weighted by Crippen LogP contribution is 2.34. The molecule has 0 saturated heterocycles. The Balaban J connectivity index is 2.00. The largest absolute Gasteiger partial charge is 0.462 e. The minimum absolute atomic E-state index is 0.0506. The number of hydrogen-bond acceptors (Lipinski definition) is 6. The molecule has 29 heavy (non-hydrogen) atoms. The van der Waals surface area contributed by atoms with Crippen molar-refractivity contribution < 1.29 is 23.1 Å². The number of amides is 1. The zero-order valence-electron chi connectivity index (χ0n) is 16.0. The summed E-state index contributed by atoms with van der Waals surface area (Å²) >= 11 is 6.37. The van der Waals surface area contributed by atoms with E-state index in [0.29, 0.717) is 16.3 Å². The summed E-state index contributed by atoms with van der Waals surface area (Å²) < 4.78 is 33.3. The molecule has 0 unspecified atom stereocenters. The lowest BCUT2D eigenvalue weighted by molar-refractivity contribution is 0.0527. The lowest BCUT2D eigenvalue weighted by atomic mass is 10.1. The summed E-state index contributed by atoms with van der Waals surface area (Å²) in [7, 11) is 0. The van der Waals surface area contributed by atoms with Crippen molar-refractivity contribution in [1.82, 2.24) is 14.6 Å². The number of carbonyl (C=O) groups excluding carboxylic acids is 2. The van der Waals surface area contributed by atoms with Crippen LogP contribution in [0.4, 0.5) is 13.8 Å². The molecular formula is C18H17ClF2N4O3S. The maximum absolute atomic E-state index is 13.7. The summed E-state index contributed by atoms with van der Waals surface area (Å²) in [4.78, 5) is 29.9. The van der Waals surface area contributed by atoms with Crippen LogP contribution in [-0.2, 0) is 10.1 Å². The van der Waals surface area contributed by atoms with Crippen molar-refractivity contribution in [2.24, 2.45) is 0 Å². The number of hydrogen-bond donors (Lipinski definition) is 1. The smallest absolute Gasteiger partial charge is 0.364 e. The number of rotatable bonds is 5. The Morgan fingerprint density at radius 1 is 1.31 bits per heavy atom. The number of nitrogens with zero attached hydrogens (tertiary/aromatic N) is 3. The lowest BCUT2D eigenvalue weighted by Crippen LogP contribution is -2.16. The molecule has 0 aromatic carbocycles. The van der Waals surface area contributed by atoms with Crippen molar-refractivity contribution in [2.45, 2.75) is 33.1 Å². The minimum Gasteiger partial charge on any atom is -0.462 e. The van der Waals surface area contributed by atoms with E-state index in [4.69, 9.17) is 16.3 Å². The number of ether oxygens (including phenoxy) is 1. The summed E-state index contributed by atoms with van der Waals surface area (Å²) in [5, 5.41) is 3.15. The molecule has 154 valence electrons. The first-order chi connectivity index (χ1) is 13.5. The molecule has 11 heteroatoms. The second-order valence-electron chi connectivity index (χ2n) is 6.24. The normalized spacial score (nSPS) is 11.7. The average Bonchev–Trinajstić information content (AvgIpc) is 3.15. The first-order valence-corrected chi connectivity index (χ1v) is 9.75. The van der Waals surface area contributed by atoms with Gasteiger partial charge in [0.25, 0.3) is 5.91 Å². The molecule has 0 aliphatic rings. The second kappa shape index (κ2) is 7.68. The van der Waals surface area contributed by atoms with Crippen LogP contribution >= 0.6 is 22.9 Å². The summed E-state index contributed by atoms with van der Waals surface area (Å²) in [6.07, 6.45) is 0. The fourth-order valence-corrected chi connectivity index (χ4v) is 3.92. The Hall–Kier alpha value is -2.59. The molecule has 0 aliphatic carbocycles. The van der Waals surface area contributed by atoms with Gasteiger partial charge in [0, 0.05) is 16.6 Å². The molecule has 3 aromatic rings. The van der Waals surface area contributed by atoms with Crippen molar-refractivity contribution in [1.29, 1.82) is 0 Å². The van der Waals surface area contributed by atoms with Gasteiger partial charge in [0.1, 0.15) is 10.7 Å². The van der Waals surface area contributed by atoms with Gasteiger partial charge in [-0.05, 0) is 50.9 Å². The van der Waals surface area contributed by atoms with Crippen LogP contribution < -0.4 is 5.32 Å². The summed E-state index contributed by atoms with van der Waals surface area (Å²) in [6, 6.07) is 2.37. The third-order valence-electron chi connectivity index (χ3n) is 4.17. The molecule has 0 atom stereocenters. The molecule has 0 spiro atoms. The number of aromatic nitrogens is 3. The Bertz CT molecular complexity index is 1120. The first-order valence-electron chi connectivity index (χ1n) is 8.56. The Kier molecular flexibility index (Phi) is 5.59. The van der Waals surface area contributed by atoms with Gasteiger partial charge in [-0.25, -0.2) is 14.3 Å². The van der Waals surface area contributed by atoms with E-state index in [-0.39, 0.29) is 23.5 Å². The van der Waals surface area contributed by atoms with Gasteiger partial charge in [-0.15, -0.1) is 11.3 Å². The number of aryl methyl sites for hydroxylation is 2. The lowest BCUT2D eigenvalue weighted by Gasteiger charge is -2.10. The molecule has 3 aromatic heterocycles. The predicted octanol–water partition coefficient (Wildman–Crippen LogP) is 4.43. The fraction of sp³-hybridized carbons (Fsp3) is 0.333. The van der Waals surface area contributed by atoms with Crippen LogP contribution in [0.15, 0.2) is 12.1 Å². The fourth-order valence-electron chi connectivity index (χ4n) is 2.74. The number of thiophene rings is 1. The van der Waals surface area contributed by atoms with Crippen molar-refractivity contribution in [3.63, 3.8) is 0 Å². The average molecular weight is 443 g/mol. The molecule has 0 saturated carbocycles. The van der Waals surface area contributed by atoms with Gasteiger partial charge in [-0.2, -0.15) is 13.9 Å². The van der Waals surface area contributed by atoms with Crippen LogP contribution in [0, 0.1) is 20.8 Å². The highest BCUT2D eigenvalue weighted by molar-refractivity contribution is 7.16. The standard InChI is InChI=1S/C18H17ClF2N4O3S/c1-5-28-17(27)14-9(3)10(4)29-16(14)23-15(26)11-7-13-22-8(2)6-12(18(19,20)21)25(13)24-11/h6-7H,5H2,1-4H3,(H,23,26). The van der Waals surface area contributed by atoms with Crippen molar-refractivity contribution in [3.05, 3.63) is 45.2 Å². The van der Waals surface area contributed by atoms with Crippen molar-refractivity contribution in [2.75, 3.05) is 11.9 Å². The predicted molar refractivity (Wildman–Crippen MR) is 105 cm³/mol. The summed E-state index contributed by atoms with van der Waals surface area (Å²) in [5.74, 6) is -1.23. The Labute approximate surface area is 173 Å². The number of anilines is 1.